The van der Waals surface area contributed by atoms with Gasteiger partial charge in [-0.15, -0.1) is 0 Å². The summed E-state index contributed by atoms with van der Waals surface area (Å²) in [6, 6.07) is 6.05. The Labute approximate surface area is 106 Å². The van der Waals surface area contributed by atoms with E-state index >= 15 is 0 Å². The van der Waals surface area contributed by atoms with Gasteiger partial charge in [-0.2, -0.15) is 5.10 Å². The first-order valence-electron chi connectivity index (χ1n) is 6.04. The van der Waals surface area contributed by atoms with Gasteiger partial charge in [0.25, 0.3) is 0 Å². The molecule has 0 saturated carbocycles. The highest BCUT2D eigenvalue weighted by molar-refractivity contribution is 5.67. The van der Waals surface area contributed by atoms with Gasteiger partial charge >= 0.3 is 0 Å². The predicted octanol–water partition coefficient (Wildman–Crippen LogP) is 3.02. The summed E-state index contributed by atoms with van der Waals surface area (Å²) in [5.74, 6) is 0. The van der Waals surface area contributed by atoms with E-state index in [-0.39, 0.29) is 5.41 Å². The molecule has 0 amide bonds. The summed E-state index contributed by atoms with van der Waals surface area (Å²) < 4.78 is 2.08. The highest BCUT2D eigenvalue weighted by Crippen LogP contribution is 2.31. The second-order valence-electron chi connectivity index (χ2n) is 5.48. The van der Waals surface area contributed by atoms with E-state index in [1.54, 1.807) is 6.20 Å². The van der Waals surface area contributed by atoms with Gasteiger partial charge in [0, 0.05) is 29.1 Å². The van der Waals surface area contributed by atoms with Gasteiger partial charge in [-0.05, 0) is 18.2 Å². The molecule has 0 bridgehead atoms. The number of nitrogens with one attached hydrogen (secondary N) is 1. The highest BCUT2D eigenvalue weighted by atomic mass is 15.1. The number of rotatable bonds is 1. The Bertz CT molecular complexity index is 685. The van der Waals surface area contributed by atoms with Gasteiger partial charge in [0.15, 0.2) is 0 Å². The lowest BCUT2D eigenvalue weighted by Crippen LogP contribution is -2.13. The van der Waals surface area contributed by atoms with Crippen LogP contribution in [-0.4, -0.2) is 19.6 Å². The molecule has 4 heteroatoms. The standard InChI is InChI=1S/C14H16N4/c1-14(2,3)13-10(9-16-17-13)11-5-6-12-15-7-4-8-18(11)12/h4-9H,1-3H3,(H,16,17). The fourth-order valence-electron chi connectivity index (χ4n) is 2.21. The normalized spacial score (nSPS) is 12.2. The van der Waals surface area contributed by atoms with Crippen molar-refractivity contribution in [1.82, 2.24) is 19.6 Å². The number of hydrogen-bond acceptors (Lipinski definition) is 2. The zero-order valence-corrected chi connectivity index (χ0v) is 10.8. The summed E-state index contributed by atoms with van der Waals surface area (Å²) in [5, 5.41) is 7.31. The molecular formula is C14H16N4. The molecule has 3 rings (SSSR count). The van der Waals surface area contributed by atoms with Crippen molar-refractivity contribution in [3.05, 3.63) is 42.5 Å². The topological polar surface area (TPSA) is 46.0 Å². The first kappa shape index (κ1) is 11.0. The van der Waals surface area contributed by atoms with Crippen LogP contribution in [0.4, 0.5) is 0 Å². The second kappa shape index (κ2) is 3.70. The average Bonchev–Trinajstić information content (AvgIpc) is 2.93. The number of H-pyrrole nitrogens is 1. The van der Waals surface area contributed by atoms with Gasteiger partial charge in [-0.25, -0.2) is 4.98 Å². The third-order valence-corrected chi connectivity index (χ3v) is 3.09. The minimum Gasteiger partial charge on any atom is -0.301 e. The predicted molar refractivity (Wildman–Crippen MR) is 71.5 cm³/mol. The number of fused-ring (bicyclic) bond motifs is 1. The van der Waals surface area contributed by atoms with E-state index in [0.29, 0.717) is 0 Å². The smallest absolute Gasteiger partial charge is 0.137 e. The molecule has 0 unspecified atom stereocenters. The second-order valence-corrected chi connectivity index (χ2v) is 5.48. The quantitative estimate of drug-likeness (QED) is 0.710. The highest BCUT2D eigenvalue weighted by Gasteiger charge is 2.22. The molecule has 3 aromatic rings. The van der Waals surface area contributed by atoms with Crippen LogP contribution in [0.25, 0.3) is 16.9 Å². The molecule has 1 N–H and O–H groups in total. The molecular weight excluding hydrogens is 224 g/mol. The average molecular weight is 240 g/mol. The molecule has 3 heterocycles. The molecule has 0 aliphatic heterocycles. The van der Waals surface area contributed by atoms with Gasteiger partial charge in [-0.1, -0.05) is 20.8 Å². The molecule has 0 saturated heterocycles. The fraction of sp³-hybridized carbons (Fsp3) is 0.286. The summed E-state index contributed by atoms with van der Waals surface area (Å²) in [6.07, 6.45) is 5.71. The van der Waals surface area contributed by atoms with Crippen molar-refractivity contribution in [3.63, 3.8) is 0 Å². The number of aromatic nitrogens is 4. The minimum absolute atomic E-state index is 0.0399. The van der Waals surface area contributed by atoms with Crippen LogP contribution in [0.5, 0.6) is 0 Å². The zero-order chi connectivity index (χ0) is 12.8. The summed E-state index contributed by atoms with van der Waals surface area (Å²) in [5.41, 5.74) is 4.39. The van der Waals surface area contributed by atoms with E-state index in [1.165, 1.54) is 0 Å². The van der Waals surface area contributed by atoms with E-state index in [1.807, 2.05) is 24.5 Å². The van der Waals surface area contributed by atoms with Crippen molar-refractivity contribution in [2.45, 2.75) is 26.2 Å². The SMILES string of the molecule is CC(C)(C)c1[nH]ncc1-c1ccc2ncccn12. The summed E-state index contributed by atoms with van der Waals surface area (Å²) in [7, 11) is 0. The van der Waals surface area contributed by atoms with E-state index in [0.717, 1.165) is 22.6 Å². The van der Waals surface area contributed by atoms with Crippen molar-refractivity contribution >= 4 is 5.65 Å². The van der Waals surface area contributed by atoms with E-state index < -0.39 is 0 Å². The Kier molecular flexibility index (Phi) is 2.26. The first-order chi connectivity index (χ1) is 8.57. The Morgan fingerprint density at radius 1 is 1.22 bits per heavy atom. The van der Waals surface area contributed by atoms with Crippen LogP contribution in [0.15, 0.2) is 36.8 Å². The molecule has 0 aliphatic rings. The summed E-state index contributed by atoms with van der Waals surface area (Å²) in [4.78, 5) is 4.34. The molecule has 0 spiro atoms. The van der Waals surface area contributed by atoms with Gasteiger partial charge in [0.1, 0.15) is 5.65 Å². The fourth-order valence-corrected chi connectivity index (χ4v) is 2.21. The van der Waals surface area contributed by atoms with Crippen LogP contribution in [-0.2, 0) is 5.41 Å². The number of aromatic amines is 1. The van der Waals surface area contributed by atoms with Crippen LogP contribution < -0.4 is 0 Å². The third-order valence-electron chi connectivity index (χ3n) is 3.09. The molecule has 0 atom stereocenters. The van der Waals surface area contributed by atoms with E-state index in [4.69, 9.17) is 0 Å². The van der Waals surface area contributed by atoms with Crippen molar-refractivity contribution in [1.29, 1.82) is 0 Å². The third kappa shape index (κ3) is 1.61. The minimum atomic E-state index is 0.0399. The molecule has 0 aromatic carbocycles. The molecule has 3 aromatic heterocycles. The van der Waals surface area contributed by atoms with Crippen LogP contribution >= 0.6 is 0 Å². The lowest BCUT2D eigenvalue weighted by atomic mass is 9.89. The summed E-state index contributed by atoms with van der Waals surface area (Å²) >= 11 is 0. The van der Waals surface area contributed by atoms with Crippen molar-refractivity contribution < 1.29 is 0 Å². The van der Waals surface area contributed by atoms with Crippen LogP contribution in [0, 0.1) is 0 Å². The molecule has 0 aliphatic carbocycles. The number of nitrogens with zero attached hydrogens (tertiary/aromatic N) is 3. The van der Waals surface area contributed by atoms with Crippen LogP contribution in [0.3, 0.4) is 0 Å². The Hall–Kier alpha value is -2.10. The Balaban J connectivity index is 2.25. The maximum Gasteiger partial charge on any atom is 0.137 e. The molecule has 0 radical (unpaired) electrons. The maximum atomic E-state index is 4.34. The molecule has 4 nitrogen and oxygen atoms in total. The van der Waals surface area contributed by atoms with Crippen molar-refractivity contribution in [2.75, 3.05) is 0 Å². The molecule has 18 heavy (non-hydrogen) atoms. The van der Waals surface area contributed by atoms with Crippen LogP contribution in [0.1, 0.15) is 26.5 Å². The Morgan fingerprint density at radius 3 is 2.83 bits per heavy atom. The van der Waals surface area contributed by atoms with E-state index in [9.17, 15) is 0 Å². The lowest BCUT2D eigenvalue weighted by Gasteiger charge is -2.18. The summed E-state index contributed by atoms with van der Waals surface area (Å²) in [6.45, 7) is 6.54. The molecule has 92 valence electrons. The zero-order valence-electron chi connectivity index (χ0n) is 10.8. The van der Waals surface area contributed by atoms with Gasteiger partial charge in [0.05, 0.1) is 11.9 Å². The molecule has 0 fully saturated rings. The first-order valence-corrected chi connectivity index (χ1v) is 6.04. The maximum absolute atomic E-state index is 4.34. The number of hydrogen-bond donors (Lipinski definition) is 1. The van der Waals surface area contributed by atoms with Gasteiger partial charge in [-0.3, -0.25) is 5.10 Å². The monoisotopic (exact) mass is 240 g/mol. The lowest BCUT2D eigenvalue weighted by molar-refractivity contribution is 0.568. The van der Waals surface area contributed by atoms with Crippen LogP contribution in [0.2, 0.25) is 0 Å². The Morgan fingerprint density at radius 2 is 2.06 bits per heavy atom. The van der Waals surface area contributed by atoms with E-state index in [2.05, 4.69) is 46.4 Å². The van der Waals surface area contributed by atoms with Gasteiger partial charge in [0.2, 0.25) is 0 Å². The van der Waals surface area contributed by atoms with Gasteiger partial charge < -0.3 is 4.40 Å². The van der Waals surface area contributed by atoms with Crippen molar-refractivity contribution in [2.24, 2.45) is 0 Å². The van der Waals surface area contributed by atoms with Crippen molar-refractivity contribution in [3.8, 4) is 11.3 Å². The largest absolute Gasteiger partial charge is 0.301 e.